The van der Waals surface area contributed by atoms with E-state index in [0.29, 0.717) is 17.1 Å². The largest absolute Gasteiger partial charge is 0.506 e. The van der Waals surface area contributed by atoms with Crippen molar-refractivity contribution in [3.05, 3.63) is 95.8 Å². The summed E-state index contributed by atoms with van der Waals surface area (Å²) in [6.07, 6.45) is 0. The molecule has 32 heavy (non-hydrogen) atoms. The number of phenols is 1. The number of phenolic OH excluding ortho intramolecular Hbond substituents is 1. The fourth-order valence-electron chi connectivity index (χ4n) is 3.77. The van der Waals surface area contributed by atoms with Crippen LogP contribution in [0.2, 0.25) is 0 Å². The number of nitrogens with zero attached hydrogens (tertiary/aromatic N) is 1. The van der Waals surface area contributed by atoms with Gasteiger partial charge in [0.25, 0.3) is 5.91 Å². The first kappa shape index (κ1) is 21.2. The number of anilines is 1. The number of carbonyl (C=O) groups is 2. The van der Waals surface area contributed by atoms with E-state index >= 15 is 0 Å². The lowest BCUT2D eigenvalue weighted by molar-refractivity contribution is -0.119. The number of amides is 1. The molecule has 2 N–H and O–H groups in total. The second-order valence-electron chi connectivity index (χ2n) is 7.84. The highest BCUT2D eigenvalue weighted by atomic mass is 16.5. The molecule has 0 saturated heterocycles. The van der Waals surface area contributed by atoms with Crippen LogP contribution in [0.15, 0.2) is 90.2 Å². The van der Waals surface area contributed by atoms with Crippen LogP contribution in [0.4, 0.5) is 5.69 Å². The Balaban J connectivity index is 1.83. The maximum absolute atomic E-state index is 13.1. The molecule has 6 nitrogen and oxygen atoms in total. The number of Topliss-reactive ketones (excluding diaryl/α,β-unsaturated/α-hetero) is 1. The van der Waals surface area contributed by atoms with E-state index < -0.39 is 23.6 Å². The minimum Gasteiger partial charge on any atom is -0.506 e. The summed E-state index contributed by atoms with van der Waals surface area (Å²) in [5.41, 5.74) is 0.781. The predicted octanol–water partition coefficient (Wildman–Crippen LogP) is 5.31. The molecule has 1 amide bonds. The minimum absolute atomic E-state index is 0.00474. The van der Waals surface area contributed by atoms with E-state index in [0.717, 1.165) is 0 Å². The Morgan fingerprint density at radius 2 is 1.56 bits per heavy atom. The molecule has 0 fully saturated rings. The highest BCUT2D eigenvalue weighted by Crippen LogP contribution is 2.45. The SMILES string of the molecule is CC(C)C(=O)C1=C(O)C(=O)N(c2ccccc2O)C1c1cccc(Oc2ccccc2)c1. The van der Waals surface area contributed by atoms with Gasteiger partial charge in [0.1, 0.15) is 17.2 Å². The molecule has 3 aromatic rings. The number of benzene rings is 3. The zero-order valence-corrected chi connectivity index (χ0v) is 17.7. The number of aromatic hydroxyl groups is 1. The normalized spacial score (nSPS) is 16.0. The topological polar surface area (TPSA) is 87.1 Å². The first-order valence-electron chi connectivity index (χ1n) is 10.3. The minimum atomic E-state index is -0.912. The maximum Gasteiger partial charge on any atom is 0.294 e. The lowest BCUT2D eigenvalue weighted by Gasteiger charge is -2.28. The van der Waals surface area contributed by atoms with Crippen LogP contribution in [0, 0.1) is 5.92 Å². The lowest BCUT2D eigenvalue weighted by Crippen LogP contribution is -2.31. The molecule has 1 unspecified atom stereocenters. The van der Waals surface area contributed by atoms with Gasteiger partial charge in [-0.05, 0) is 42.0 Å². The van der Waals surface area contributed by atoms with Gasteiger partial charge in [0, 0.05) is 5.92 Å². The second kappa shape index (κ2) is 8.59. The van der Waals surface area contributed by atoms with Crippen molar-refractivity contribution in [1.29, 1.82) is 0 Å². The Labute approximate surface area is 186 Å². The molecule has 4 rings (SSSR count). The Morgan fingerprint density at radius 1 is 0.906 bits per heavy atom. The van der Waals surface area contributed by atoms with Crippen LogP contribution in [-0.2, 0) is 9.59 Å². The number of hydrogen-bond acceptors (Lipinski definition) is 5. The van der Waals surface area contributed by atoms with Gasteiger partial charge in [0.2, 0.25) is 0 Å². The summed E-state index contributed by atoms with van der Waals surface area (Å²) >= 11 is 0. The third-order valence-electron chi connectivity index (χ3n) is 5.29. The molecule has 1 aliphatic heterocycles. The molecule has 0 saturated carbocycles. The van der Waals surface area contributed by atoms with Crippen molar-refractivity contribution < 1.29 is 24.5 Å². The molecule has 0 bridgehead atoms. The molecule has 6 heteroatoms. The summed E-state index contributed by atoms with van der Waals surface area (Å²) in [5.74, 6) is -1.10. The third-order valence-corrected chi connectivity index (χ3v) is 5.29. The van der Waals surface area contributed by atoms with Crippen molar-refractivity contribution in [2.45, 2.75) is 19.9 Å². The predicted molar refractivity (Wildman–Crippen MR) is 121 cm³/mol. The van der Waals surface area contributed by atoms with E-state index in [4.69, 9.17) is 4.74 Å². The standard InChI is InChI=1S/C26H23NO5/c1-16(2)24(29)22-23(27(26(31)25(22)30)20-13-6-7-14-21(20)28)17-9-8-12-19(15-17)32-18-10-4-3-5-11-18/h3-16,23,28,30H,1-2H3. The highest BCUT2D eigenvalue weighted by molar-refractivity contribution is 6.17. The smallest absolute Gasteiger partial charge is 0.294 e. The van der Waals surface area contributed by atoms with Gasteiger partial charge in [-0.2, -0.15) is 0 Å². The van der Waals surface area contributed by atoms with Crippen LogP contribution in [0.1, 0.15) is 25.5 Å². The van der Waals surface area contributed by atoms with Gasteiger partial charge >= 0.3 is 0 Å². The van der Waals surface area contributed by atoms with Crippen molar-refractivity contribution in [2.24, 2.45) is 5.92 Å². The van der Waals surface area contributed by atoms with Gasteiger partial charge in [-0.15, -0.1) is 0 Å². The van der Waals surface area contributed by atoms with Gasteiger partial charge in [0.05, 0.1) is 17.3 Å². The number of hydrogen-bond donors (Lipinski definition) is 2. The molecule has 0 aliphatic carbocycles. The number of aliphatic hydroxyl groups excluding tert-OH is 1. The summed E-state index contributed by atoms with van der Waals surface area (Å²) in [6.45, 7) is 3.42. The third kappa shape index (κ3) is 3.83. The van der Waals surface area contributed by atoms with Gasteiger partial charge < -0.3 is 14.9 Å². The summed E-state index contributed by atoms with van der Waals surface area (Å²) in [4.78, 5) is 27.4. The molecule has 162 valence electrons. The quantitative estimate of drug-likeness (QED) is 0.555. The number of aliphatic hydroxyl groups is 1. The van der Waals surface area contributed by atoms with Crippen molar-refractivity contribution in [3.8, 4) is 17.2 Å². The van der Waals surface area contributed by atoms with Crippen LogP contribution in [0.3, 0.4) is 0 Å². The molecule has 1 atom stereocenters. The number of rotatable bonds is 6. The molecule has 0 radical (unpaired) electrons. The Hall–Kier alpha value is -4.06. The van der Waals surface area contributed by atoms with Gasteiger partial charge in [0.15, 0.2) is 11.5 Å². The number of ketones is 1. The number of para-hydroxylation sites is 3. The Bertz CT molecular complexity index is 1200. The van der Waals surface area contributed by atoms with E-state index in [1.807, 2.05) is 30.3 Å². The van der Waals surface area contributed by atoms with Crippen LogP contribution in [0.25, 0.3) is 0 Å². The average Bonchev–Trinajstić information content (AvgIpc) is 3.05. The number of carbonyl (C=O) groups excluding carboxylic acids is 2. The molecule has 0 aromatic heterocycles. The molecule has 0 spiro atoms. The lowest BCUT2D eigenvalue weighted by atomic mass is 9.91. The zero-order chi connectivity index (χ0) is 22.8. The van der Waals surface area contributed by atoms with E-state index in [-0.39, 0.29) is 22.8 Å². The monoisotopic (exact) mass is 429 g/mol. The fourth-order valence-corrected chi connectivity index (χ4v) is 3.77. The van der Waals surface area contributed by atoms with E-state index in [2.05, 4.69) is 0 Å². The first-order chi connectivity index (χ1) is 15.4. The van der Waals surface area contributed by atoms with Crippen molar-refractivity contribution in [1.82, 2.24) is 0 Å². The summed E-state index contributed by atoms with van der Waals surface area (Å²) in [6, 6.07) is 21.7. The van der Waals surface area contributed by atoms with E-state index in [9.17, 15) is 19.8 Å². The molecular weight excluding hydrogens is 406 g/mol. The summed E-state index contributed by atoms with van der Waals surface area (Å²) < 4.78 is 5.92. The van der Waals surface area contributed by atoms with Gasteiger partial charge in [-0.1, -0.05) is 56.3 Å². The van der Waals surface area contributed by atoms with Crippen LogP contribution >= 0.6 is 0 Å². The van der Waals surface area contributed by atoms with Crippen LogP contribution < -0.4 is 9.64 Å². The zero-order valence-electron chi connectivity index (χ0n) is 17.7. The Morgan fingerprint density at radius 3 is 2.25 bits per heavy atom. The maximum atomic E-state index is 13.1. The highest BCUT2D eigenvalue weighted by Gasteiger charge is 2.45. The average molecular weight is 429 g/mol. The summed E-state index contributed by atoms with van der Waals surface area (Å²) in [5, 5.41) is 21.1. The molecule has 3 aromatic carbocycles. The van der Waals surface area contributed by atoms with Crippen molar-refractivity contribution >= 4 is 17.4 Å². The fraction of sp³-hybridized carbons (Fsp3) is 0.154. The molecule has 1 aliphatic rings. The van der Waals surface area contributed by atoms with Crippen molar-refractivity contribution in [3.63, 3.8) is 0 Å². The summed E-state index contributed by atoms with van der Waals surface area (Å²) in [7, 11) is 0. The van der Waals surface area contributed by atoms with Crippen LogP contribution in [0.5, 0.6) is 17.2 Å². The Kier molecular flexibility index (Phi) is 5.69. The van der Waals surface area contributed by atoms with E-state index in [1.165, 1.54) is 11.0 Å². The van der Waals surface area contributed by atoms with Gasteiger partial charge in [-0.25, -0.2) is 0 Å². The second-order valence-corrected chi connectivity index (χ2v) is 7.84. The molecular formula is C26H23NO5. The first-order valence-corrected chi connectivity index (χ1v) is 10.3. The number of ether oxygens (including phenoxy) is 1. The van der Waals surface area contributed by atoms with Crippen molar-refractivity contribution in [2.75, 3.05) is 4.90 Å². The van der Waals surface area contributed by atoms with E-state index in [1.54, 1.807) is 56.3 Å². The molecule has 1 heterocycles. The van der Waals surface area contributed by atoms with Crippen LogP contribution in [-0.4, -0.2) is 21.9 Å². The van der Waals surface area contributed by atoms with Gasteiger partial charge in [-0.3, -0.25) is 14.5 Å².